The summed E-state index contributed by atoms with van der Waals surface area (Å²) in [5.74, 6) is 1.59. The molecule has 4 nitrogen and oxygen atoms in total. The lowest BCUT2D eigenvalue weighted by Gasteiger charge is -2.15. The lowest BCUT2D eigenvalue weighted by Crippen LogP contribution is -2.24. The van der Waals surface area contributed by atoms with Gasteiger partial charge in [-0.1, -0.05) is 0 Å². The predicted octanol–water partition coefficient (Wildman–Crippen LogP) is 1.24. The van der Waals surface area contributed by atoms with E-state index in [9.17, 15) is 0 Å². The number of pyridine rings is 1. The Morgan fingerprint density at radius 3 is 3.00 bits per heavy atom. The third kappa shape index (κ3) is 2.21. The maximum atomic E-state index is 5.71. The fourth-order valence-corrected chi connectivity index (χ4v) is 1.59. The van der Waals surface area contributed by atoms with Gasteiger partial charge in [0.2, 0.25) is 0 Å². The average molecular weight is 207 g/mol. The highest BCUT2D eigenvalue weighted by Crippen LogP contribution is 2.44. The monoisotopic (exact) mass is 207 g/mol. The van der Waals surface area contributed by atoms with Gasteiger partial charge in [-0.3, -0.25) is 0 Å². The zero-order chi connectivity index (χ0) is 10.7. The minimum atomic E-state index is 0.308. The van der Waals surface area contributed by atoms with E-state index in [0.717, 1.165) is 24.7 Å². The summed E-state index contributed by atoms with van der Waals surface area (Å²) in [6.07, 6.45) is 4.18. The molecule has 2 rings (SSSR count). The normalized spacial score (nSPS) is 17.2. The molecule has 82 valence electrons. The molecule has 0 aliphatic heterocycles. The van der Waals surface area contributed by atoms with Gasteiger partial charge in [0, 0.05) is 12.7 Å². The van der Waals surface area contributed by atoms with E-state index in [2.05, 4.69) is 10.3 Å². The van der Waals surface area contributed by atoms with Crippen LogP contribution in [-0.2, 0) is 0 Å². The van der Waals surface area contributed by atoms with E-state index in [1.807, 2.05) is 12.1 Å². The maximum absolute atomic E-state index is 5.71. The van der Waals surface area contributed by atoms with Gasteiger partial charge in [-0.05, 0) is 36.9 Å². The van der Waals surface area contributed by atoms with E-state index in [1.54, 1.807) is 13.3 Å². The number of hydrogen-bond acceptors (Lipinski definition) is 4. The number of rotatable bonds is 5. The van der Waals surface area contributed by atoms with Gasteiger partial charge in [0.05, 0.1) is 7.11 Å². The summed E-state index contributed by atoms with van der Waals surface area (Å²) >= 11 is 0. The smallest absolute Gasteiger partial charge is 0.168 e. The van der Waals surface area contributed by atoms with Crippen molar-refractivity contribution < 1.29 is 4.74 Å². The van der Waals surface area contributed by atoms with Crippen molar-refractivity contribution in [3.05, 3.63) is 18.3 Å². The summed E-state index contributed by atoms with van der Waals surface area (Å²) in [6.45, 7) is 1.63. The summed E-state index contributed by atoms with van der Waals surface area (Å²) in [5, 5.41) is 3.30. The van der Waals surface area contributed by atoms with Crippen LogP contribution in [0.25, 0.3) is 0 Å². The number of ether oxygens (including phenoxy) is 1. The van der Waals surface area contributed by atoms with Crippen LogP contribution in [0.3, 0.4) is 0 Å². The number of methoxy groups -OCH3 is 1. The number of hydrogen-bond donors (Lipinski definition) is 2. The molecule has 0 aromatic carbocycles. The Morgan fingerprint density at radius 2 is 2.40 bits per heavy atom. The van der Waals surface area contributed by atoms with Crippen molar-refractivity contribution in [3.8, 4) is 5.75 Å². The van der Waals surface area contributed by atoms with Gasteiger partial charge in [-0.25, -0.2) is 4.98 Å². The highest BCUT2D eigenvalue weighted by Gasteiger charge is 2.40. The summed E-state index contributed by atoms with van der Waals surface area (Å²) in [4.78, 5) is 4.24. The van der Waals surface area contributed by atoms with Gasteiger partial charge in [-0.15, -0.1) is 0 Å². The first kappa shape index (κ1) is 10.2. The van der Waals surface area contributed by atoms with Crippen molar-refractivity contribution in [1.82, 2.24) is 4.98 Å². The fourth-order valence-electron chi connectivity index (χ4n) is 1.59. The van der Waals surface area contributed by atoms with Gasteiger partial charge in [-0.2, -0.15) is 0 Å². The second kappa shape index (κ2) is 4.06. The van der Waals surface area contributed by atoms with E-state index < -0.39 is 0 Å². The summed E-state index contributed by atoms with van der Waals surface area (Å²) in [6, 6.07) is 3.76. The molecule has 0 spiro atoms. The molecule has 1 aliphatic carbocycles. The second-order valence-electron chi connectivity index (χ2n) is 4.11. The molecule has 1 heterocycles. The molecule has 1 aromatic rings. The SMILES string of the molecule is COc1cccnc1NCC1(CN)CC1. The Morgan fingerprint density at radius 1 is 1.60 bits per heavy atom. The van der Waals surface area contributed by atoms with Crippen LogP contribution in [-0.4, -0.2) is 25.2 Å². The van der Waals surface area contributed by atoms with Crippen molar-refractivity contribution in [3.63, 3.8) is 0 Å². The lowest BCUT2D eigenvalue weighted by molar-refractivity contribution is 0.414. The lowest BCUT2D eigenvalue weighted by atomic mass is 10.1. The number of nitrogens with one attached hydrogen (secondary N) is 1. The molecule has 3 N–H and O–H groups in total. The molecule has 1 fully saturated rings. The molecule has 0 bridgehead atoms. The van der Waals surface area contributed by atoms with Crippen molar-refractivity contribution >= 4 is 5.82 Å². The Bertz CT molecular complexity index is 336. The van der Waals surface area contributed by atoms with Crippen LogP contribution in [0.4, 0.5) is 5.82 Å². The number of nitrogens with two attached hydrogens (primary N) is 1. The number of aromatic nitrogens is 1. The average Bonchev–Trinajstić information content (AvgIpc) is 3.07. The molecule has 0 saturated heterocycles. The van der Waals surface area contributed by atoms with Gasteiger partial charge < -0.3 is 15.8 Å². The molecular formula is C11H17N3O. The summed E-state index contributed by atoms with van der Waals surface area (Å²) in [7, 11) is 1.65. The first-order chi connectivity index (χ1) is 7.29. The number of anilines is 1. The highest BCUT2D eigenvalue weighted by atomic mass is 16.5. The van der Waals surface area contributed by atoms with Crippen molar-refractivity contribution in [2.75, 3.05) is 25.5 Å². The summed E-state index contributed by atoms with van der Waals surface area (Å²) in [5.41, 5.74) is 6.02. The van der Waals surface area contributed by atoms with Crippen LogP contribution in [0, 0.1) is 5.41 Å². The van der Waals surface area contributed by atoms with Gasteiger partial charge >= 0.3 is 0 Å². The Balaban J connectivity index is 1.98. The van der Waals surface area contributed by atoms with E-state index >= 15 is 0 Å². The van der Waals surface area contributed by atoms with Crippen molar-refractivity contribution in [1.29, 1.82) is 0 Å². The first-order valence-corrected chi connectivity index (χ1v) is 5.23. The Hall–Kier alpha value is -1.29. The molecule has 15 heavy (non-hydrogen) atoms. The minimum Gasteiger partial charge on any atom is -0.493 e. The standard InChI is InChI=1S/C11H17N3O/c1-15-9-3-2-6-13-10(9)14-8-11(7-12)4-5-11/h2-3,6H,4-5,7-8,12H2,1H3,(H,13,14). The minimum absolute atomic E-state index is 0.308. The zero-order valence-electron chi connectivity index (χ0n) is 8.99. The molecule has 0 unspecified atom stereocenters. The molecule has 1 aliphatic rings. The molecule has 0 atom stereocenters. The van der Waals surface area contributed by atoms with Crippen LogP contribution in [0.1, 0.15) is 12.8 Å². The largest absolute Gasteiger partial charge is 0.493 e. The van der Waals surface area contributed by atoms with Crippen LogP contribution in [0.2, 0.25) is 0 Å². The molecule has 0 radical (unpaired) electrons. The van der Waals surface area contributed by atoms with E-state index in [1.165, 1.54) is 12.8 Å². The Kier molecular flexibility index (Phi) is 2.77. The van der Waals surface area contributed by atoms with Crippen LogP contribution < -0.4 is 15.8 Å². The van der Waals surface area contributed by atoms with E-state index in [-0.39, 0.29) is 0 Å². The van der Waals surface area contributed by atoms with Crippen LogP contribution in [0.15, 0.2) is 18.3 Å². The molecule has 0 amide bonds. The zero-order valence-corrected chi connectivity index (χ0v) is 8.99. The van der Waals surface area contributed by atoms with Crippen molar-refractivity contribution in [2.24, 2.45) is 11.1 Å². The Labute approximate surface area is 89.8 Å². The highest BCUT2D eigenvalue weighted by molar-refractivity contribution is 5.49. The quantitative estimate of drug-likeness (QED) is 0.762. The van der Waals surface area contributed by atoms with Crippen LogP contribution in [0.5, 0.6) is 5.75 Å². The molecule has 4 heteroatoms. The maximum Gasteiger partial charge on any atom is 0.168 e. The topological polar surface area (TPSA) is 60.2 Å². The first-order valence-electron chi connectivity index (χ1n) is 5.23. The van der Waals surface area contributed by atoms with Gasteiger partial charge in [0.25, 0.3) is 0 Å². The second-order valence-corrected chi connectivity index (χ2v) is 4.11. The molecule has 1 aromatic heterocycles. The van der Waals surface area contributed by atoms with Crippen molar-refractivity contribution in [2.45, 2.75) is 12.8 Å². The molecule has 1 saturated carbocycles. The molecular weight excluding hydrogens is 190 g/mol. The van der Waals surface area contributed by atoms with E-state index in [0.29, 0.717) is 5.41 Å². The van der Waals surface area contributed by atoms with Gasteiger partial charge in [0.1, 0.15) is 0 Å². The predicted molar refractivity (Wildman–Crippen MR) is 60.0 cm³/mol. The fraction of sp³-hybridized carbons (Fsp3) is 0.545. The third-order valence-corrected chi connectivity index (χ3v) is 3.01. The van der Waals surface area contributed by atoms with Gasteiger partial charge in [0.15, 0.2) is 11.6 Å². The van der Waals surface area contributed by atoms with E-state index in [4.69, 9.17) is 10.5 Å². The third-order valence-electron chi connectivity index (χ3n) is 3.01. The summed E-state index contributed by atoms with van der Waals surface area (Å²) < 4.78 is 5.21. The number of nitrogens with zero attached hydrogens (tertiary/aromatic N) is 1. The van der Waals surface area contributed by atoms with Crippen LogP contribution >= 0.6 is 0 Å².